The van der Waals surface area contributed by atoms with Gasteiger partial charge in [-0.25, -0.2) is 9.78 Å². The quantitative estimate of drug-likeness (QED) is 0.781. The third-order valence-corrected chi connectivity index (χ3v) is 3.66. The predicted octanol–water partition coefficient (Wildman–Crippen LogP) is 3.41. The number of nitrogens with zero attached hydrogens (tertiary/aromatic N) is 2. The van der Waals surface area contributed by atoms with Gasteiger partial charge in [0.15, 0.2) is 0 Å². The fourth-order valence-electron chi connectivity index (χ4n) is 1.70. The first-order chi connectivity index (χ1) is 8.63. The molecule has 6 heteroatoms. The summed E-state index contributed by atoms with van der Waals surface area (Å²) in [6.45, 7) is 0. The molecule has 0 saturated heterocycles. The Kier molecular flexibility index (Phi) is 2.57. The molecule has 1 N–H and O–H groups in total. The number of carbonyl (C=O) groups is 1. The van der Waals surface area contributed by atoms with Gasteiger partial charge in [0.25, 0.3) is 0 Å². The zero-order valence-corrected chi connectivity index (χ0v) is 10.6. The summed E-state index contributed by atoms with van der Waals surface area (Å²) in [6, 6.07) is 4.92. The topological polar surface area (TPSA) is 54.6 Å². The van der Waals surface area contributed by atoms with Crippen molar-refractivity contribution in [3.05, 3.63) is 45.9 Å². The maximum atomic E-state index is 10.9. The molecule has 3 heterocycles. The molecule has 0 radical (unpaired) electrons. The van der Waals surface area contributed by atoms with E-state index in [2.05, 4.69) is 4.98 Å². The first kappa shape index (κ1) is 11.3. The van der Waals surface area contributed by atoms with E-state index in [4.69, 9.17) is 16.7 Å². The van der Waals surface area contributed by atoms with Crippen molar-refractivity contribution in [2.24, 2.45) is 0 Å². The SMILES string of the molecule is O=C(O)c1ccn2cc(-c3csc(Cl)c3)nc2c1. The Morgan fingerprint density at radius 2 is 2.28 bits per heavy atom. The molecular formula is C12H7ClN2O2S. The minimum atomic E-state index is -0.958. The van der Waals surface area contributed by atoms with Crippen molar-refractivity contribution in [3.63, 3.8) is 0 Å². The van der Waals surface area contributed by atoms with Crippen LogP contribution in [0.15, 0.2) is 36.0 Å². The van der Waals surface area contributed by atoms with E-state index in [9.17, 15) is 4.79 Å². The second kappa shape index (κ2) is 4.12. The average molecular weight is 279 g/mol. The third-order valence-electron chi connectivity index (χ3n) is 2.57. The van der Waals surface area contributed by atoms with Crippen molar-refractivity contribution in [1.82, 2.24) is 9.38 Å². The van der Waals surface area contributed by atoms with Gasteiger partial charge in [-0.3, -0.25) is 0 Å². The van der Waals surface area contributed by atoms with Gasteiger partial charge in [0.2, 0.25) is 0 Å². The molecule has 0 atom stereocenters. The second-order valence-corrected chi connectivity index (χ2v) is 5.29. The number of aromatic carboxylic acids is 1. The number of carboxylic acids is 1. The highest BCUT2D eigenvalue weighted by molar-refractivity contribution is 7.14. The van der Waals surface area contributed by atoms with E-state index in [0.29, 0.717) is 9.98 Å². The number of fused-ring (bicyclic) bond motifs is 1. The highest BCUT2D eigenvalue weighted by atomic mass is 35.5. The fourth-order valence-corrected chi connectivity index (χ4v) is 2.57. The molecule has 0 aromatic carbocycles. The maximum Gasteiger partial charge on any atom is 0.335 e. The lowest BCUT2D eigenvalue weighted by Gasteiger charge is -1.94. The lowest BCUT2D eigenvalue weighted by molar-refractivity contribution is 0.0697. The molecule has 3 aromatic heterocycles. The van der Waals surface area contributed by atoms with Crippen LogP contribution in [0, 0.1) is 0 Å². The number of hydrogen-bond acceptors (Lipinski definition) is 3. The minimum absolute atomic E-state index is 0.225. The van der Waals surface area contributed by atoms with Crippen LogP contribution in [0.3, 0.4) is 0 Å². The van der Waals surface area contributed by atoms with Crippen LogP contribution in [-0.4, -0.2) is 20.5 Å². The number of aromatic nitrogens is 2. The number of halogens is 1. The number of carboxylic acid groups (broad SMARTS) is 1. The van der Waals surface area contributed by atoms with E-state index in [-0.39, 0.29) is 5.56 Å². The zero-order chi connectivity index (χ0) is 12.7. The molecule has 0 aliphatic carbocycles. The molecule has 0 fully saturated rings. The van der Waals surface area contributed by atoms with Gasteiger partial charge in [-0.15, -0.1) is 11.3 Å². The largest absolute Gasteiger partial charge is 0.478 e. The summed E-state index contributed by atoms with van der Waals surface area (Å²) in [5, 5.41) is 10.8. The van der Waals surface area contributed by atoms with Gasteiger partial charge >= 0.3 is 5.97 Å². The number of rotatable bonds is 2. The van der Waals surface area contributed by atoms with Crippen molar-refractivity contribution in [2.45, 2.75) is 0 Å². The second-order valence-electron chi connectivity index (χ2n) is 3.75. The summed E-state index contributed by atoms with van der Waals surface area (Å²) in [5.74, 6) is -0.958. The Hall–Kier alpha value is -1.85. The van der Waals surface area contributed by atoms with E-state index in [0.717, 1.165) is 11.3 Å². The Bertz CT molecular complexity index is 747. The Morgan fingerprint density at radius 3 is 2.94 bits per heavy atom. The number of thiophene rings is 1. The first-order valence-corrected chi connectivity index (χ1v) is 6.36. The molecule has 0 saturated carbocycles. The summed E-state index contributed by atoms with van der Waals surface area (Å²) in [7, 11) is 0. The van der Waals surface area contributed by atoms with E-state index >= 15 is 0 Å². The van der Waals surface area contributed by atoms with E-state index < -0.39 is 5.97 Å². The van der Waals surface area contributed by atoms with Crippen LogP contribution in [0.4, 0.5) is 0 Å². The normalized spacial score (nSPS) is 10.9. The number of imidazole rings is 1. The van der Waals surface area contributed by atoms with Crippen molar-refractivity contribution >= 4 is 34.6 Å². The molecule has 3 aromatic rings. The summed E-state index contributed by atoms with van der Waals surface area (Å²) in [6.07, 6.45) is 3.53. The molecule has 0 aliphatic rings. The lowest BCUT2D eigenvalue weighted by atomic mass is 10.3. The van der Waals surface area contributed by atoms with Crippen LogP contribution < -0.4 is 0 Å². The summed E-state index contributed by atoms with van der Waals surface area (Å²) < 4.78 is 2.49. The van der Waals surface area contributed by atoms with Gasteiger partial charge < -0.3 is 9.51 Å². The molecule has 4 nitrogen and oxygen atoms in total. The molecule has 0 amide bonds. The average Bonchev–Trinajstić information content (AvgIpc) is 2.93. The molecule has 0 spiro atoms. The van der Waals surface area contributed by atoms with Gasteiger partial charge in [-0.05, 0) is 18.2 Å². The highest BCUT2D eigenvalue weighted by Gasteiger charge is 2.09. The van der Waals surface area contributed by atoms with E-state index in [1.807, 2.05) is 17.6 Å². The van der Waals surface area contributed by atoms with Gasteiger partial charge in [-0.2, -0.15) is 0 Å². The van der Waals surface area contributed by atoms with Crippen LogP contribution in [0.25, 0.3) is 16.9 Å². The number of hydrogen-bond donors (Lipinski definition) is 1. The molecule has 0 aliphatic heterocycles. The van der Waals surface area contributed by atoms with Crippen LogP contribution >= 0.6 is 22.9 Å². The van der Waals surface area contributed by atoms with Crippen molar-refractivity contribution in [1.29, 1.82) is 0 Å². The maximum absolute atomic E-state index is 10.9. The Balaban J connectivity index is 2.13. The highest BCUT2D eigenvalue weighted by Crippen LogP contribution is 2.28. The van der Waals surface area contributed by atoms with Crippen LogP contribution in [-0.2, 0) is 0 Å². The lowest BCUT2D eigenvalue weighted by Crippen LogP contribution is -1.96. The monoisotopic (exact) mass is 278 g/mol. The summed E-state index contributed by atoms with van der Waals surface area (Å²) in [5.41, 5.74) is 2.54. The van der Waals surface area contributed by atoms with Gasteiger partial charge in [0.1, 0.15) is 5.65 Å². The van der Waals surface area contributed by atoms with Gasteiger partial charge in [0, 0.05) is 23.3 Å². The summed E-state index contributed by atoms with van der Waals surface area (Å²) >= 11 is 7.32. The molecule has 18 heavy (non-hydrogen) atoms. The number of pyridine rings is 1. The van der Waals surface area contributed by atoms with Gasteiger partial charge in [-0.1, -0.05) is 11.6 Å². The molecule has 0 unspecified atom stereocenters. The molecule has 90 valence electrons. The molecule has 3 rings (SSSR count). The Labute approximate surface area is 111 Å². The minimum Gasteiger partial charge on any atom is -0.478 e. The smallest absolute Gasteiger partial charge is 0.335 e. The van der Waals surface area contributed by atoms with Crippen molar-refractivity contribution in [3.8, 4) is 11.3 Å². The first-order valence-electron chi connectivity index (χ1n) is 5.10. The van der Waals surface area contributed by atoms with Crippen molar-refractivity contribution in [2.75, 3.05) is 0 Å². The van der Waals surface area contributed by atoms with Crippen LogP contribution in [0.1, 0.15) is 10.4 Å². The zero-order valence-electron chi connectivity index (χ0n) is 9.00. The molecular weight excluding hydrogens is 272 g/mol. The Morgan fingerprint density at radius 1 is 1.44 bits per heavy atom. The third kappa shape index (κ3) is 1.87. The molecule has 0 bridgehead atoms. The fraction of sp³-hybridized carbons (Fsp3) is 0. The van der Waals surface area contributed by atoms with E-state index in [1.54, 1.807) is 22.7 Å². The predicted molar refractivity (Wildman–Crippen MR) is 70.5 cm³/mol. The van der Waals surface area contributed by atoms with Crippen LogP contribution in [0.5, 0.6) is 0 Å². The summed E-state index contributed by atoms with van der Waals surface area (Å²) in [4.78, 5) is 15.3. The van der Waals surface area contributed by atoms with Crippen LogP contribution in [0.2, 0.25) is 4.34 Å². The van der Waals surface area contributed by atoms with E-state index in [1.165, 1.54) is 11.3 Å². The standard InChI is InChI=1S/C12H7ClN2O2S/c13-10-3-8(6-18-10)9-5-15-2-1-7(12(16)17)4-11(15)14-9/h1-6H,(H,16,17). The van der Waals surface area contributed by atoms with Crippen molar-refractivity contribution < 1.29 is 9.90 Å². The van der Waals surface area contributed by atoms with Gasteiger partial charge in [0.05, 0.1) is 15.6 Å².